The number of hydrogen-bond acceptors (Lipinski definition) is 2. The van der Waals surface area contributed by atoms with E-state index >= 15 is 0 Å². The lowest BCUT2D eigenvalue weighted by molar-refractivity contribution is 0.0689. The lowest BCUT2D eigenvalue weighted by atomic mass is 10.2. The zero-order valence-corrected chi connectivity index (χ0v) is 14.9. The fraction of sp³-hybridized carbons (Fsp3) is 0.176. The Morgan fingerprint density at radius 2 is 1.67 bits per heavy atom. The molecule has 0 aliphatic carbocycles. The molecule has 0 aliphatic rings. The van der Waals surface area contributed by atoms with E-state index in [9.17, 15) is 9.90 Å². The van der Waals surface area contributed by atoms with Crippen LogP contribution in [-0.2, 0) is 0 Å². The van der Waals surface area contributed by atoms with Crippen molar-refractivity contribution < 1.29 is 9.90 Å². The van der Waals surface area contributed by atoms with Gasteiger partial charge >= 0.3 is 5.97 Å². The van der Waals surface area contributed by atoms with Crippen LogP contribution in [0, 0.1) is 20.8 Å². The predicted octanol–water partition coefficient (Wildman–Crippen LogP) is 4.59. The summed E-state index contributed by atoms with van der Waals surface area (Å²) in [6, 6.07) is 9.03. The summed E-state index contributed by atoms with van der Waals surface area (Å²) in [6.07, 6.45) is 0. The van der Waals surface area contributed by atoms with Crippen LogP contribution in [0.5, 0.6) is 0 Å². The average molecular weight is 364 g/mol. The second-order valence-corrected chi connectivity index (χ2v) is 6.38. The Morgan fingerprint density at radius 3 is 2.21 bits per heavy atom. The molecular formula is C17H15Cl2N3O2. The highest BCUT2D eigenvalue weighted by molar-refractivity contribution is 6.42. The van der Waals surface area contributed by atoms with Gasteiger partial charge in [-0.3, -0.25) is 0 Å². The zero-order valence-electron chi connectivity index (χ0n) is 13.3. The Morgan fingerprint density at radius 1 is 1.04 bits per heavy atom. The SMILES string of the molecule is Cc1c(C(=O)O)nn(-c2ccc(Cl)c(Cl)c2)c1-n1c(C)ccc1C. The Hall–Kier alpha value is -2.24. The van der Waals surface area contributed by atoms with Crippen LogP contribution in [0.15, 0.2) is 30.3 Å². The standard InChI is InChI=1S/C17H15Cl2N3O2/c1-9-4-5-10(2)21(9)16-11(3)15(17(23)24)20-22(16)12-6-7-13(18)14(19)8-12/h4-8H,1-3H3,(H,23,24). The molecule has 0 radical (unpaired) electrons. The molecule has 0 bridgehead atoms. The van der Waals surface area contributed by atoms with Crippen molar-refractivity contribution in [3.63, 3.8) is 0 Å². The monoisotopic (exact) mass is 363 g/mol. The first-order chi connectivity index (χ1) is 11.3. The van der Waals surface area contributed by atoms with E-state index in [1.807, 2.05) is 30.5 Å². The third kappa shape index (κ3) is 2.60. The van der Waals surface area contributed by atoms with Gasteiger partial charge in [0.05, 0.1) is 15.7 Å². The van der Waals surface area contributed by atoms with Gasteiger partial charge in [-0.2, -0.15) is 5.10 Å². The van der Waals surface area contributed by atoms with Gasteiger partial charge in [-0.1, -0.05) is 23.2 Å². The molecule has 0 fully saturated rings. The van der Waals surface area contributed by atoms with Gasteiger partial charge in [-0.05, 0) is 51.1 Å². The van der Waals surface area contributed by atoms with Crippen molar-refractivity contribution in [1.82, 2.24) is 14.3 Å². The van der Waals surface area contributed by atoms with Crippen LogP contribution < -0.4 is 0 Å². The van der Waals surface area contributed by atoms with Crippen LogP contribution in [0.1, 0.15) is 27.4 Å². The van der Waals surface area contributed by atoms with Crippen molar-refractivity contribution in [2.75, 3.05) is 0 Å². The van der Waals surface area contributed by atoms with Gasteiger partial charge in [0.15, 0.2) is 5.69 Å². The first kappa shape index (κ1) is 16.6. The van der Waals surface area contributed by atoms with E-state index in [0.29, 0.717) is 27.1 Å². The van der Waals surface area contributed by atoms with Crippen LogP contribution >= 0.6 is 23.2 Å². The maximum absolute atomic E-state index is 11.5. The summed E-state index contributed by atoms with van der Waals surface area (Å²) in [7, 11) is 0. The molecular weight excluding hydrogens is 349 g/mol. The largest absolute Gasteiger partial charge is 0.476 e. The van der Waals surface area contributed by atoms with Gasteiger partial charge in [0.1, 0.15) is 5.82 Å². The summed E-state index contributed by atoms with van der Waals surface area (Å²) in [5.74, 6) is -0.402. The number of carboxylic acids is 1. The molecule has 124 valence electrons. The van der Waals surface area contributed by atoms with Crippen LogP contribution in [0.2, 0.25) is 10.0 Å². The molecule has 3 aromatic rings. The summed E-state index contributed by atoms with van der Waals surface area (Å²) in [6.45, 7) is 5.66. The van der Waals surface area contributed by atoms with E-state index in [0.717, 1.165) is 11.4 Å². The normalized spacial score (nSPS) is 11.0. The molecule has 7 heteroatoms. The first-order valence-corrected chi connectivity index (χ1v) is 8.00. The number of halogens is 2. The number of aryl methyl sites for hydroxylation is 2. The van der Waals surface area contributed by atoms with E-state index in [1.54, 1.807) is 29.8 Å². The Labute approximate surface area is 149 Å². The minimum atomic E-state index is -1.07. The number of carbonyl (C=O) groups is 1. The highest BCUT2D eigenvalue weighted by atomic mass is 35.5. The van der Waals surface area contributed by atoms with Gasteiger partial charge in [-0.25, -0.2) is 9.48 Å². The molecule has 0 aliphatic heterocycles. The average Bonchev–Trinajstić information content (AvgIpc) is 3.02. The summed E-state index contributed by atoms with van der Waals surface area (Å²) in [5.41, 5.74) is 3.18. The number of rotatable bonds is 3. The molecule has 0 saturated carbocycles. The van der Waals surface area contributed by atoms with E-state index in [-0.39, 0.29) is 5.69 Å². The van der Waals surface area contributed by atoms with Gasteiger partial charge in [-0.15, -0.1) is 0 Å². The molecule has 1 aromatic carbocycles. The molecule has 2 aromatic heterocycles. The summed E-state index contributed by atoms with van der Waals surface area (Å²) in [5, 5.41) is 14.5. The Bertz CT molecular complexity index is 938. The zero-order chi connectivity index (χ0) is 17.6. The number of aromatic carboxylic acids is 1. The molecule has 1 N–H and O–H groups in total. The van der Waals surface area contributed by atoms with Crippen LogP contribution in [0.25, 0.3) is 11.5 Å². The summed E-state index contributed by atoms with van der Waals surface area (Å²) < 4.78 is 3.55. The topological polar surface area (TPSA) is 60.0 Å². The predicted molar refractivity (Wildman–Crippen MR) is 94.1 cm³/mol. The fourth-order valence-corrected chi connectivity index (χ4v) is 3.04. The Kier molecular flexibility index (Phi) is 4.15. The summed E-state index contributed by atoms with van der Waals surface area (Å²) >= 11 is 12.1. The smallest absolute Gasteiger partial charge is 0.356 e. The molecule has 24 heavy (non-hydrogen) atoms. The Balaban J connectivity index is 2.35. The van der Waals surface area contributed by atoms with Crippen molar-refractivity contribution in [3.8, 4) is 11.5 Å². The minimum Gasteiger partial charge on any atom is -0.476 e. The van der Waals surface area contributed by atoms with Crippen molar-refractivity contribution in [2.24, 2.45) is 0 Å². The van der Waals surface area contributed by atoms with Crippen molar-refractivity contribution in [1.29, 1.82) is 0 Å². The maximum atomic E-state index is 11.5. The molecule has 3 rings (SSSR count). The number of benzene rings is 1. The van der Waals surface area contributed by atoms with Gasteiger partial charge in [0, 0.05) is 17.0 Å². The van der Waals surface area contributed by atoms with Crippen molar-refractivity contribution in [2.45, 2.75) is 20.8 Å². The summed E-state index contributed by atoms with van der Waals surface area (Å²) in [4.78, 5) is 11.5. The second-order valence-electron chi connectivity index (χ2n) is 5.56. The van der Waals surface area contributed by atoms with Crippen LogP contribution in [0.3, 0.4) is 0 Å². The quantitative estimate of drug-likeness (QED) is 0.739. The second kappa shape index (κ2) is 6.00. The maximum Gasteiger partial charge on any atom is 0.356 e. The number of nitrogens with zero attached hydrogens (tertiary/aromatic N) is 3. The number of carboxylic acid groups (broad SMARTS) is 1. The number of aromatic nitrogens is 3. The van der Waals surface area contributed by atoms with E-state index < -0.39 is 5.97 Å². The minimum absolute atomic E-state index is 0.00331. The molecule has 0 atom stereocenters. The number of hydrogen-bond donors (Lipinski definition) is 1. The van der Waals surface area contributed by atoms with Crippen molar-refractivity contribution in [3.05, 3.63) is 63.0 Å². The van der Waals surface area contributed by atoms with Gasteiger partial charge in [0.2, 0.25) is 0 Å². The van der Waals surface area contributed by atoms with E-state index in [1.165, 1.54) is 0 Å². The van der Waals surface area contributed by atoms with E-state index in [4.69, 9.17) is 23.2 Å². The first-order valence-electron chi connectivity index (χ1n) is 7.25. The van der Waals surface area contributed by atoms with Crippen molar-refractivity contribution >= 4 is 29.2 Å². The third-order valence-corrected chi connectivity index (χ3v) is 4.66. The fourth-order valence-electron chi connectivity index (χ4n) is 2.75. The molecule has 0 amide bonds. The lowest BCUT2D eigenvalue weighted by Crippen LogP contribution is -2.09. The molecule has 2 heterocycles. The van der Waals surface area contributed by atoms with E-state index in [2.05, 4.69) is 5.10 Å². The molecule has 5 nitrogen and oxygen atoms in total. The molecule has 0 spiro atoms. The van der Waals surface area contributed by atoms with Gasteiger partial charge < -0.3 is 9.67 Å². The third-order valence-electron chi connectivity index (χ3n) is 3.92. The van der Waals surface area contributed by atoms with Gasteiger partial charge in [0.25, 0.3) is 0 Å². The molecule has 0 unspecified atom stereocenters. The highest BCUT2D eigenvalue weighted by Crippen LogP contribution is 2.29. The molecule has 0 saturated heterocycles. The lowest BCUT2D eigenvalue weighted by Gasteiger charge is -2.14. The van der Waals surface area contributed by atoms with Crippen LogP contribution in [0.4, 0.5) is 0 Å². The highest BCUT2D eigenvalue weighted by Gasteiger charge is 2.23. The van der Waals surface area contributed by atoms with Crippen LogP contribution in [-0.4, -0.2) is 25.4 Å².